The Balaban J connectivity index is 0.00000189. The summed E-state index contributed by atoms with van der Waals surface area (Å²) in [5.74, 6) is -0.522. The summed E-state index contributed by atoms with van der Waals surface area (Å²) in [4.78, 5) is 65.9. The van der Waals surface area contributed by atoms with Gasteiger partial charge in [-0.05, 0) is 87.8 Å². The summed E-state index contributed by atoms with van der Waals surface area (Å²) in [6.07, 6.45) is 1.08. The molecule has 0 saturated carbocycles. The molecule has 2 aromatic carbocycles. The van der Waals surface area contributed by atoms with E-state index in [2.05, 4.69) is 38.0 Å². The van der Waals surface area contributed by atoms with Crippen molar-refractivity contribution in [2.75, 3.05) is 43.4 Å². The summed E-state index contributed by atoms with van der Waals surface area (Å²) in [6.45, 7) is 6.62. The van der Waals surface area contributed by atoms with Crippen LogP contribution in [0, 0.1) is 0 Å². The molecule has 3 saturated heterocycles. The molecular weight excluding hydrogens is 773 g/mol. The molecule has 0 bridgehead atoms. The predicted molar refractivity (Wildman–Crippen MR) is 211 cm³/mol. The largest absolute Gasteiger partial charge is 0.489 e. The third kappa shape index (κ3) is 10.9. The Kier molecular flexibility index (Phi) is 13.5. The van der Waals surface area contributed by atoms with Crippen molar-refractivity contribution in [2.24, 2.45) is 0 Å². The van der Waals surface area contributed by atoms with Gasteiger partial charge in [0.1, 0.15) is 23.2 Å². The zero-order valence-electron chi connectivity index (χ0n) is 32.7. The number of nitrogens with zero attached hydrogens (tertiary/aromatic N) is 5. The topological polar surface area (TPSA) is 188 Å². The van der Waals surface area contributed by atoms with E-state index in [1.165, 1.54) is 11.6 Å². The first-order valence-corrected chi connectivity index (χ1v) is 19.5. The van der Waals surface area contributed by atoms with E-state index >= 15 is 0 Å². The smallest absolute Gasteiger partial charge is 0.433 e. The van der Waals surface area contributed by atoms with Crippen LogP contribution in [-0.4, -0.2) is 105 Å². The molecule has 3 fully saturated rings. The van der Waals surface area contributed by atoms with Gasteiger partial charge in [0.05, 0.1) is 29.9 Å². The maximum atomic E-state index is 13.3. The number of carbonyl (C=O) groups is 5. The van der Waals surface area contributed by atoms with E-state index in [1.807, 2.05) is 41.8 Å². The number of imide groups is 1. The van der Waals surface area contributed by atoms with Gasteiger partial charge < -0.3 is 25.4 Å². The highest BCUT2D eigenvalue weighted by Gasteiger charge is 2.33. The van der Waals surface area contributed by atoms with Gasteiger partial charge in [-0.3, -0.25) is 38.9 Å². The average Bonchev–Trinajstić information content (AvgIpc) is 3.62. The molecule has 4 N–H and O–H groups in total. The van der Waals surface area contributed by atoms with Crippen LogP contribution in [0.5, 0.6) is 5.75 Å². The molecule has 3 aliphatic rings. The molecule has 4 aromatic rings. The van der Waals surface area contributed by atoms with Crippen molar-refractivity contribution < 1.29 is 47.0 Å². The molecule has 7 rings (SSSR count). The molecule has 1 atom stereocenters. The van der Waals surface area contributed by atoms with Crippen LogP contribution in [-0.2, 0) is 25.4 Å². The molecule has 0 aliphatic carbocycles. The lowest BCUT2D eigenvalue weighted by atomic mass is 9.89. The van der Waals surface area contributed by atoms with Crippen molar-refractivity contribution >= 4 is 52.4 Å². The van der Waals surface area contributed by atoms with Crippen molar-refractivity contribution in [2.45, 2.75) is 82.7 Å². The average molecular weight is 821 g/mol. The maximum Gasteiger partial charge on any atom is 0.433 e. The molecule has 0 spiro atoms. The Morgan fingerprint density at radius 1 is 1.00 bits per heavy atom. The zero-order valence-corrected chi connectivity index (χ0v) is 32.7. The van der Waals surface area contributed by atoms with Crippen LogP contribution in [0.2, 0.25) is 0 Å². The van der Waals surface area contributed by atoms with Gasteiger partial charge in [0, 0.05) is 55.9 Å². The second-order valence-electron chi connectivity index (χ2n) is 15.1. The number of piperidine rings is 3. The standard InChI is InChI=1S/C40H45F3N8O5.CH2O2/c1-24(2)56-34-21-32-27(20-33(34)46-38(54)30-4-3-5-35(45-30)40(41,42)43)22-51(48-32)29-14-16-49(17-15-29)23-37(53)50-18-12-26(13-19-50)25-6-8-28(9-7-25)44-31-10-11-36(52)47-39(31)55;2-1-3/h3-9,20-22,24,26,29,31,44H,10-19,23H2,1-2H3,(H,46,54)(H,47,52,55);1H,(H,2,3). The van der Waals surface area contributed by atoms with Crippen LogP contribution in [0.4, 0.5) is 24.5 Å². The number of ether oxygens (including phenoxy) is 1. The monoisotopic (exact) mass is 820 g/mol. The number of likely N-dealkylation sites (tertiary alicyclic amines) is 2. The number of alkyl halides is 3. The molecule has 2 aromatic heterocycles. The van der Waals surface area contributed by atoms with Crippen LogP contribution >= 0.6 is 0 Å². The molecule has 5 heterocycles. The van der Waals surface area contributed by atoms with E-state index in [1.54, 1.807) is 12.1 Å². The minimum atomic E-state index is -4.68. The molecule has 15 nitrogen and oxygen atoms in total. The van der Waals surface area contributed by atoms with Gasteiger partial charge in [-0.2, -0.15) is 18.3 Å². The minimum Gasteiger partial charge on any atom is -0.489 e. The second-order valence-corrected chi connectivity index (χ2v) is 15.1. The third-order valence-electron chi connectivity index (χ3n) is 10.6. The van der Waals surface area contributed by atoms with Crippen molar-refractivity contribution in [3.63, 3.8) is 0 Å². The Hall–Kier alpha value is -6.04. The number of aromatic nitrogens is 3. The number of anilines is 2. The predicted octanol–water partition coefficient (Wildman–Crippen LogP) is 5.45. The lowest BCUT2D eigenvalue weighted by Crippen LogP contribution is -2.47. The van der Waals surface area contributed by atoms with Gasteiger partial charge in [0.25, 0.3) is 12.4 Å². The normalized spacial score (nSPS) is 18.2. The van der Waals surface area contributed by atoms with Gasteiger partial charge in [0.15, 0.2) is 0 Å². The summed E-state index contributed by atoms with van der Waals surface area (Å²) in [5.41, 5.74) is 1.46. The molecule has 59 heavy (non-hydrogen) atoms. The van der Waals surface area contributed by atoms with Gasteiger partial charge in [-0.1, -0.05) is 18.2 Å². The number of hydrogen-bond donors (Lipinski definition) is 4. The van der Waals surface area contributed by atoms with Gasteiger partial charge >= 0.3 is 6.18 Å². The van der Waals surface area contributed by atoms with E-state index in [0.717, 1.165) is 62.0 Å². The van der Waals surface area contributed by atoms with E-state index in [-0.39, 0.29) is 42.0 Å². The van der Waals surface area contributed by atoms with E-state index in [9.17, 15) is 32.3 Å². The SMILES string of the molecule is CC(C)Oc1cc2nn(C3CCN(CC(=O)N4CCC(c5ccc(NC6CCC(=O)NC6=O)cc5)CC4)CC3)cc2cc1NC(=O)c1cccc(C(F)(F)F)n1.O=CO. The number of rotatable bonds is 10. The highest BCUT2D eigenvalue weighted by molar-refractivity contribution is 6.05. The molecule has 3 aliphatic heterocycles. The first-order chi connectivity index (χ1) is 28.2. The van der Waals surface area contributed by atoms with Crippen LogP contribution in [0.25, 0.3) is 10.9 Å². The van der Waals surface area contributed by atoms with Crippen LogP contribution in [0.15, 0.2) is 60.8 Å². The van der Waals surface area contributed by atoms with E-state index < -0.39 is 23.8 Å². The van der Waals surface area contributed by atoms with Gasteiger partial charge in [0.2, 0.25) is 17.7 Å². The number of amides is 4. The quantitative estimate of drug-likeness (QED) is 0.118. The summed E-state index contributed by atoms with van der Waals surface area (Å²) in [7, 11) is 0. The lowest BCUT2D eigenvalue weighted by Gasteiger charge is -2.36. The molecule has 1 unspecified atom stereocenters. The van der Waals surface area contributed by atoms with Crippen molar-refractivity contribution in [3.8, 4) is 5.75 Å². The van der Waals surface area contributed by atoms with Gasteiger partial charge in [-0.25, -0.2) is 4.98 Å². The minimum absolute atomic E-state index is 0.0944. The van der Waals surface area contributed by atoms with Crippen molar-refractivity contribution in [3.05, 3.63) is 77.7 Å². The fraction of sp³-hybridized carbons (Fsp3) is 0.439. The Morgan fingerprint density at radius 2 is 1.69 bits per heavy atom. The fourth-order valence-electron chi connectivity index (χ4n) is 7.59. The highest BCUT2D eigenvalue weighted by Crippen LogP contribution is 2.34. The number of hydrogen-bond acceptors (Lipinski definition) is 10. The molecule has 314 valence electrons. The summed E-state index contributed by atoms with van der Waals surface area (Å²) >= 11 is 0. The summed E-state index contributed by atoms with van der Waals surface area (Å²) < 4.78 is 47.5. The zero-order chi connectivity index (χ0) is 42.3. The highest BCUT2D eigenvalue weighted by atomic mass is 19.4. The number of benzene rings is 2. The number of carboxylic acid groups (broad SMARTS) is 1. The van der Waals surface area contributed by atoms with Crippen LogP contribution < -0.4 is 20.7 Å². The first kappa shape index (κ1) is 42.6. The molecule has 18 heteroatoms. The Labute approximate surface area is 338 Å². The van der Waals surface area contributed by atoms with Crippen LogP contribution in [0.3, 0.4) is 0 Å². The Bertz CT molecular complexity index is 2140. The van der Waals surface area contributed by atoms with Crippen molar-refractivity contribution in [1.29, 1.82) is 0 Å². The first-order valence-electron chi connectivity index (χ1n) is 19.5. The number of nitrogens with one attached hydrogen (secondary N) is 3. The van der Waals surface area contributed by atoms with E-state index in [4.69, 9.17) is 19.7 Å². The Morgan fingerprint density at radius 3 is 2.34 bits per heavy atom. The summed E-state index contributed by atoms with van der Waals surface area (Å²) in [6, 6.07) is 14.3. The summed E-state index contributed by atoms with van der Waals surface area (Å²) in [5, 5.41) is 20.7. The lowest BCUT2D eigenvalue weighted by molar-refractivity contribution is -0.141. The number of carbonyl (C=O) groups excluding carboxylic acids is 4. The number of halogens is 3. The second kappa shape index (κ2) is 18.7. The number of fused-ring (bicyclic) bond motifs is 1. The van der Waals surface area contributed by atoms with E-state index in [0.29, 0.717) is 55.3 Å². The molecular formula is C41H47F3N8O7. The third-order valence-corrected chi connectivity index (χ3v) is 10.6. The molecule has 4 amide bonds. The molecule has 0 radical (unpaired) electrons. The fourth-order valence-corrected chi connectivity index (χ4v) is 7.59. The van der Waals surface area contributed by atoms with Crippen molar-refractivity contribution in [1.82, 2.24) is 29.9 Å². The van der Waals surface area contributed by atoms with Gasteiger partial charge in [-0.15, -0.1) is 0 Å². The van der Waals surface area contributed by atoms with Crippen LogP contribution in [0.1, 0.15) is 86.1 Å². The maximum absolute atomic E-state index is 13.3. The number of pyridine rings is 1.